The molecule has 5 rings (SSSR count). The van der Waals surface area contributed by atoms with Crippen molar-refractivity contribution in [1.29, 1.82) is 0 Å². The molecule has 4 aromatic rings. The number of fused-ring (bicyclic) bond motifs is 5. The predicted octanol–water partition coefficient (Wildman–Crippen LogP) is 4.16. The van der Waals surface area contributed by atoms with Crippen molar-refractivity contribution in [3.63, 3.8) is 0 Å². The highest BCUT2D eigenvalue weighted by molar-refractivity contribution is 7.26. The lowest BCUT2D eigenvalue weighted by Crippen LogP contribution is -2.32. The monoisotopic (exact) mass is 406 g/mol. The Balaban J connectivity index is 1.82. The Morgan fingerprint density at radius 1 is 1.21 bits per heavy atom. The maximum atomic E-state index is 9.11. The second-order valence-electron chi connectivity index (χ2n) is 7.84. The number of hydrogen-bond donors (Lipinski definition) is 2. The summed E-state index contributed by atoms with van der Waals surface area (Å²) in [5.74, 6) is 0.532. The van der Waals surface area contributed by atoms with Gasteiger partial charge < -0.3 is 15.2 Å². The molecule has 0 fully saturated rings. The van der Waals surface area contributed by atoms with Gasteiger partial charge in [0.2, 0.25) is 5.95 Å². The van der Waals surface area contributed by atoms with Crippen molar-refractivity contribution in [2.45, 2.75) is 32.5 Å². The average Bonchev–Trinajstić information content (AvgIpc) is 3.11. The minimum atomic E-state index is -0.241. The number of aliphatic hydroxyl groups excluding tert-OH is 1. The Morgan fingerprint density at radius 2 is 2.03 bits per heavy atom. The van der Waals surface area contributed by atoms with E-state index < -0.39 is 0 Å². The molecule has 6 nitrogen and oxygen atoms in total. The normalized spacial score (nSPS) is 15.6. The van der Waals surface area contributed by atoms with Gasteiger partial charge in [-0.15, -0.1) is 11.3 Å². The molecule has 0 bridgehead atoms. The van der Waals surface area contributed by atoms with Crippen LogP contribution in [0.1, 0.15) is 25.1 Å². The molecule has 1 aromatic carbocycles. The van der Waals surface area contributed by atoms with Gasteiger partial charge in [-0.25, -0.2) is 15.0 Å². The summed E-state index contributed by atoms with van der Waals surface area (Å²) in [6, 6.07) is 10.3. The summed E-state index contributed by atoms with van der Waals surface area (Å²) in [5.41, 5.74) is 4.95. The summed E-state index contributed by atoms with van der Waals surface area (Å²) in [6.07, 6.45) is 2.65. The van der Waals surface area contributed by atoms with E-state index >= 15 is 0 Å². The number of ether oxygens (including phenoxy) is 1. The summed E-state index contributed by atoms with van der Waals surface area (Å²) >= 11 is 1.68. The van der Waals surface area contributed by atoms with E-state index in [1.54, 1.807) is 11.3 Å². The lowest BCUT2D eigenvalue weighted by Gasteiger charge is -2.32. The van der Waals surface area contributed by atoms with Crippen molar-refractivity contribution in [3.8, 4) is 11.3 Å². The van der Waals surface area contributed by atoms with Crippen molar-refractivity contribution in [2.75, 3.05) is 18.5 Å². The van der Waals surface area contributed by atoms with E-state index in [0.717, 1.165) is 43.7 Å². The minimum Gasteiger partial charge on any atom is -0.395 e. The predicted molar refractivity (Wildman–Crippen MR) is 116 cm³/mol. The molecule has 0 amide bonds. The second-order valence-corrected chi connectivity index (χ2v) is 8.89. The first-order valence-electron chi connectivity index (χ1n) is 9.71. The summed E-state index contributed by atoms with van der Waals surface area (Å²) in [7, 11) is 0. The zero-order chi connectivity index (χ0) is 20.0. The number of anilines is 1. The summed E-state index contributed by atoms with van der Waals surface area (Å²) in [6.45, 7) is 5.18. The van der Waals surface area contributed by atoms with Gasteiger partial charge in [-0.3, -0.25) is 0 Å². The molecular weight excluding hydrogens is 384 g/mol. The molecule has 0 aliphatic carbocycles. The van der Waals surface area contributed by atoms with Crippen molar-refractivity contribution >= 4 is 37.6 Å². The molecular formula is C22H22N4O2S. The molecule has 0 spiro atoms. The smallest absolute Gasteiger partial charge is 0.223 e. The molecule has 0 saturated heterocycles. The maximum Gasteiger partial charge on any atom is 0.223 e. The largest absolute Gasteiger partial charge is 0.395 e. The maximum absolute atomic E-state index is 9.11. The van der Waals surface area contributed by atoms with Crippen molar-refractivity contribution < 1.29 is 9.84 Å². The fourth-order valence-corrected chi connectivity index (χ4v) is 4.98. The number of nitrogens with one attached hydrogen (secondary N) is 1. The van der Waals surface area contributed by atoms with E-state index in [4.69, 9.17) is 19.8 Å². The Bertz CT molecular complexity index is 1200. The van der Waals surface area contributed by atoms with Gasteiger partial charge in [-0.1, -0.05) is 30.3 Å². The molecule has 7 heteroatoms. The van der Waals surface area contributed by atoms with Crippen LogP contribution in [0, 0.1) is 0 Å². The molecule has 4 heterocycles. The van der Waals surface area contributed by atoms with E-state index in [-0.39, 0.29) is 12.2 Å². The molecule has 3 aromatic heterocycles. The third kappa shape index (κ3) is 3.25. The van der Waals surface area contributed by atoms with Crippen LogP contribution in [0.5, 0.6) is 0 Å². The van der Waals surface area contributed by atoms with Crippen LogP contribution in [0.2, 0.25) is 0 Å². The molecule has 1 aliphatic rings. The first kappa shape index (κ1) is 18.4. The van der Waals surface area contributed by atoms with E-state index in [2.05, 4.69) is 36.3 Å². The van der Waals surface area contributed by atoms with Gasteiger partial charge in [0.15, 0.2) is 0 Å². The van der Waals surface area contributed by atoms with Crippen molar-refractivity contribution in [1.82, 2.24) is 15.0 Å². The van der Waals surface area contributed by atoms with Crippen molar-refractivity contribution in [2.24, 2.45) is 0 Å². The Kier molecular flexibility index (Phi) is 4.46. The number of benzene rings is 1. The van der Waals surface area contributed by atoms with Crippen molar-refractivity contribution in [3.05, 3.63) is 47.8 Å². The van der Waals surface area contributed by atoms with Gasteiger partial charge in [0.05, 0.1) is 51.3 Å². The topological polar surface area (TPSA) is 80.2 Å². The van der Waals surface area contributed by atoms with Gasteiger partial charge in [0.25, 0.3) is 0 Å². The Labute approximate surface area is 172 Å². The number of thiophene rings is 1. The first-order chi connectivity index (χ1) is 14.1. The van der Waals surface area contributed by atoms with Gasteiger partial charge in [0.1, 0.15) is 0 Å². The highest BCUT2D eigenvalue weighted by atomic mass is 32.1. The number of aliphatic hydroxyl groups is 1. The SMILES string of the molecule is CC1(C)Cc2c(nc(-c3ccccc3)c3sc4cnc(NCCO)nc4c23)CO1. The number of nitrogens with zero attached hydrogens (tertiary/aromatic N) is 3. The quantitative estimate of drug-likeness (QED) is 0.530. The molecule has 0 atom stereocenters. The van der Waals surface area contributed by atoms with Gasteiger partial charge >= 0.3 is 0 Å². The highest BCUT2D eigenvalue weighted by Gasteiger charge is 2.31. The minimum absolute atomic E-state index is 0.0365. The van der Waals surface area contributed by atoms with Gasteiger partial charge in [0, 0.05) is 23.9 Å². The second kappa shape index (κ2) is 7.02. The molecule has 0 radical (unpaired) electrons. The van der Waals surface area contributed by atoms with Gasteiger partial charge in [-0.05, 0) is 19.4 Å². The van der Waals surface area contributed by atoms with Gasteiger partial charge in [-0.2, -0.15) is 0 Å². The lowest BCUT2D eigenvalue weighted by molar-refractivity contribution is -0.0414. The lowest BCUT2D eigenvalue weighted by atomic mass is 9.91. The molecule has 0 unspecified atom stereocenters. The van der Waals surface area contributed by atoms with E-state index in [0.29, 0.717) is 19.1 Å². The third-order valence-corrected chi connectivity index (χ3v) is 6.31. The molecule has 1 aliphatic heterocycles. The average molecular weight is 407 g/mol. The Hall–Kier alpha value is -2.61. The summed E-state index contributed by atoms with van der Waals surface area (Å²) in [5, 5.41) is 13.3. The summed E-state index contributed by atoms with van der Waals surface area (Å²) < 4.78 is 8.23. The molecule has 0 saturated carbocycles. The third-order valence-electron chi connectivity index (χ3n) is 5.19. The van der Waals surface area contributed by atoms with Crippen LogP contribution in [0.25, 0.3) is 31.6 Å². The molecule has 29 heavy (non-hydrogen) atoms. The fraction of sp³-hybridized carbons (Fsp3) is 0.318. The molecule has 148 valence electrons. The van der Waals surface area contributed by atoms with E-state index in [1.807, 2.05) is 24.4 Å². The van der Waals surface area contributed by atoms with Crippen LogP contribution in [0.15, 0.2) is 36.5 Å². The van der Waals surface area contributed by atoms with Crippen LogP contribution in [0.4, 0.5) is 5.95 Å². The fourth-order valence-electron chi connectivity index (χ4n) is 3.83. The number of pyridine rings is 1. The van der Waals surface area contributed by atoms with Crippen LogP contribution in [-0.4, -0.2) is 38.8 Å². The summed E-state index contributed by atoms with van der Waals surface area (Å²) in [4.78, 5) is 14.2. The number of aromatic nitrogens is 3. The van der Waals surface area contributed by atoms with E-state index in [9.17, 15) is 0 Å². The van der Waals surface area contributed by atoms with Crippen LogP contribution < -0.4 is 5.32 Å². The van der Waals surface area contributed by atoms with E-state index in [1.165, 1.54) is 5.56 Å². The zero-order valence-corrected chi connectivity index (χ0v) is 17.2. The van der Waals surface area contributed by atoms with Crippen LogP contribution >= 0.6 is 11.3 Å². The standard InChI is InChI=1S/C22H22N4O2S/c1-22(2)10-14-15(12-28-22)25-18(13-6-4-3-5-7-13)20-17(14)19-16(29-20)11-24-21(26-19)23-8-9-27/h3-7,11,27H,8-10,12H2,1-2H3,(H,23,24,26). The molecule has 2 N–H and O–H groups in total. The zero-order valence-electron chi connectivity index (χ0n) is 16.4. The first-order valence-corrected chi connectivity index (χ1v) is 10.5. The Morgan fingerprint density at radius 3 is 2.83 bits per heavy atom. The number of hydrogen-bond acceptors (Lipinski definition) is 7. The van der Waals surface area contributed by atoms with Crippen LogP contribution in [-0.2, 0) is 17.8 Å². The highest BCUT2D eigenvalue weighted by Crippen LogP contribution is 2.43. The number of rotatable bonds is 4. The van der Waals surface area contributed by atoms with Crippen LogP contribution in [0.3, 0.4) is 0 Å².